The maximum atomic E-state index is 12.8. The zero-order valence-corrected chi connectivity index (χ0v) is 12.2. The molecule has 2 aliphatic rings. The minimum Gasteiger partial charge on any atom is -0.294 e. The smallest absolute Gasteiger partial charge is 0.167 e. The van der Waals surface area contributed by atoms with Gasteiger partial charge in [-0.05, 0) is 55.4 Å². The summed E-state index contributed by atoms with van der Waals surface area (Å²) < 4.78 is 0. The Bertz CT molecular complexity index is 732. The lowest BCUT2D eigenvalue weighted by Crippen LogP contribution is -2.18. The van der Waals surface area contributed by atoms with Crippen molar-refractivity contribution in [2.75, 3.05) is 0 Å². The highest BCUT2D eigenvalue weighted by Crippen LogP contribution is 2.48. The summed E-state index contributed by atoms with van der Waals surface area (Å²) in [5.74, 6) is -0.177. The van der Waals surface area contributed by atoms with Gasteiger partial charge < -0.3 is 0 Å². The first-order valence-electron chi connectivity index (χ1n) is 7.16. The van der Waals surface area contributed by atoms with Gasteiger partial charge in [0.05, 0.1) is 12.1 Å². The SMILES string of the molecule is Cc1cc2c(cc1C)C(=O)[C@H]1CC(C#N)(C#N)C[C@@H]1C=C2. The van der Waals surface area contributed by atoms with E-state index >= 15 is 0 Å². The Balaban J connectivity index is 2.08. The molecule has 1 aromatic rings. The number of carbonyl (C=O) groups excluding carboxylic acids is 1. The van der Waals surface area contributed by atoms with E-state index in [2.05, 4.69) is 12.1 Å². The molecule has 0 N–H and O–H groups in total. The Kier molecular flexibility index (Phi) is 2.96. The highest BCUT2D eigenvalue weighted by molar-refractivity contribution is 6.02. The van der Waals surface area contributed by atoms with Crippen LogP contribution in [-0.4, -0.2) is 5.78 Å². The molecule has 0 saturated heterocycles. The summed E-state index contributed by atoms with van der Waals surface area (Å²) in [6, 6.07) is 8.23. The summed E-state index contributed by atoms with van der Waals surface area (Å²) >= 11 is 0. The van der Waals surface area contributed by atoms with E-state index < -0.39 is 5.41 Å². The van der Waals surface area contributed by atoms with Gasteiger partial charge in [-0.1, -0.05) is 18.2 Å². The van der Waals surface area contributed by atoms with Crippen molar-refractivity contribution in [1.82, 2.24) is 0 Å². The maximum absolute atomic E-state index is 12.8. The average Bonchev–Trinajstić information content (AvgIpc) is 2.82. The van der Waals surface area contributed by atoms with Crippen LogP contribution < -0.4 is 0 Å². The molecule has 3 rings (SSSR count). The molecule has 0 aliphatic heterocycles. The van der Waals surface area contributed by atoms with Crippen LogP contribution in [0.1, 0.15) is 39.9 Å². The van der Waals surface area contributed by atoms with Gasteiger partial charge in [0.1, 0.15) is 5.41 Å². The summed E-state index contributed by atoms with van der Waals surface area (Å²) in [5.41, 5.74) is 2.94. The summed E-state index contributed by atoms with van der Waals surface area (Å²) in [6.07, 6.45) is 4.80. The van der Waals surface area contributed by atoms with E-state index in [9.17, 15) is 15.3 Å². The number of fused-ring (bicyclic) bond motifs is 2. The van der Waals surface area contributed by atoms with Crippen LogP contribution in [0, 0.1) is 53.8 Å². The fourth-order valence-electron chi connectivity index (χ4n) is 3.47. The van der Waals surface area contributed by atoms with E-state index in [1.807, 2.05) is 38.1 Å². The Morgan fingerprint density at radius 1 is 1.14 bits per heavy atom. The zero-order valence-electron chi connectivity index (χ0n) is 12.2. The monoisotopic (exact) mass is 276 g/mol. The molecular weight excluding hydrogens is 260 g/mol. The molecule has 3 heteroatoms. The van der Waals surface area contributed by atoms with Crippen LogP contribution in [-0.2, 0) is 0 Å². The minimum atomic E-state index is -1.01. The molecule has 0 heterocycles. The summed E-state index contributed by atoms with van der Waals surface area (Å²) in [7, 11) is 0. The van der Waals surface area contributed by atoms with Crippen LogP contribution in [0.3, 0.4) is 0 Å². The van der Waals surface area contributed by atoms with Crippen LogP contribution in [0.2, 0.25) is 0 Å². The van der Waals surface area contributed by atoms with Gasteiger partial charge in [0.2, 0.25) is 0 Å². The lowest BCUT2D eigenvalue weighted by molar-refractivity contribution is 0.0903. The molecule has 0 aromatic heterocycles. The lowest BCUT2D eigenvalue weighted by atomic mass is 9.86. The quantitative estimate of drug-likeness (QED) is 0.727. The highest BCUT2D eigenvalue weighted by Gasteiger charge is 2.49. The lowest BCUT2D eigenvalue weighted by Gasteiger charge is -2.14. The molecule has 2 aliphatic carbocycles. The first kappa shape index (κ1) is 13.6. The van der Waals surface area contributed by atoms with Crippen molar-refractivity contribution in [3.63, 3.8) is 0 Å². The van der Waals surface area contributed by atoms with E-state index in [1.54, 1.807) is 0 Å². The normalized spacial score (nSPS) is 25.4. The van der Waals surface area contributed by atoms with E-state index in [-0.39, 0.29) is 17.6 Å². The summed E-state index contributed by atoms with van der Waals surface area (Å²) in [6.45, 7) is 4.04. The third kappa shape index (κ3) is 1.98. The molecule has 0 radical (unpaired) electrons. The largest absolute Gasteiger partial charge is 0.294 e. The third-order valence-electron chi connectivity index (χ3n) is 4.89. The number of allylic oxidation sites excluding steroid dienone is 1. The molecule has 3 nitrogen and oxygen atoms in total. The van der Waals surface area contributed by atoms with E-state index in [1.165, 1.54) is 5.56 Å². The number of nitrogens with zero attached hydrogens (tertiary/aromatic N) is 2. The maximum Gasteiger partial charge on any atom is 0.167 e. The Hall–Kier alpha value is -2.39. The molecule has 0 unspecified atom stereocenters. The molecule has 2 atom stereocenters. The molecule has 1 saturated carbocycles. The van der Waals surface area contributed by atoms with Gasteiger partial charge in [-0.25, -0.2) is 0 Å². The highest BCUT2D eigenvalue weighted by atomic mass is 16.1. The van der Waals surface area contributed by atoms with Crippen molar-refractivity contribution in [3.8, 4) is 12.1 Å². The van der Waals surface area contributed by atoms with Crippen LogP contribution in [0.15, 0.2) is 18.2 Å². The van der Waals surface area contributed by atoms with Gasteiger partial charge in [-0.3, -0.25) is 4.79 Å². The van der Waals surface area contributed by atoms with Gasteiger partial charge in [0, 0.05) is 11.5 Å². The fraction of sp³-hybridized carbons (Fsp3) is 0.389. The van der Waals surface area contributed by atoms with Gasteiger partial charge in [0.15, 0.2) is 5.78 Å². The molecule has 21 heavy (non-hydrogen) atoms. The van der Waals surface area contributed by atoms with Crippen LogP contribution >= 0.6 is 0 Å². The number of rotatable bonds is 0. The Morgan fingerprint density at radius 2 is 1.81 bits per heavy atom. The number of aryl methyl sites for hydroxylation is 2. The third-order valence-corrected chi connectivity index (χ3v) is 4.89. The van der Waals surface area contributed by atoms with Crippen LogP contribution in [0.5, 0.6) is 0 Å². The zero-order chi connectivity index (χ0) is 15.2. The second kappa shape index (κ2) is 4.57. The number of carbonyl (C=O) groups is 1. The molecular formula is C18H16N2O. The molecule has 0 amide bonds. The summed E-state index contributed by atoms with van der Waals surface area (Å²) in [5, 5.41) is 18.6. The van der Waals surface area contributed by atoms with Crippen molar-refractivity contribution < 1.29 is 4.79 Å². The number of hydrogen-bond acceptors (Lipinski definition) is 3. The molecule has 104 valence electrons. The van der Waals surface area contributed by atoms with Gasteiger partial charge in [-0.15, -0.1) is 0 Å². The van der Waals surface area contributed by atoms with Gasteiger partial charge in [0.25, 0.3) is 0 Å². The van der Waals surface area contributed by atoms with Crippen molar-refractivity contribution in [3.05, 3.63) is 40.5 Å². The fourth-order valence-corrected chi connectivity index (χ4v) is 3.47. The van der Waals surface area contributed by atoms with Crippen molar-refractivity contribution in [2.24, 2.45) is 17.3 Å². The standard InChI is InChI=1S/C18H16N2O/c1-11-5-13-3-4-14-7-18(9-19,10-20)8-16(14)17(21)15(13)6-12(11)2/h3-6,14,16H,7-8H2,1-2H3/t14-,16-/m0/s1. The van der Waals surface area contributed by atoms with E-state index in [4.69, 9.17) is 0 Å². The minimum absolute atomic E-state index is 0.00943. The van der Waals surface area contributed by atoms with Crippen LogP contribution in [0.4, 0.5) is 0 Å². The van der Waals surface area contributed by atoms with Gasteiger partial charge in [-0.2, -0.15) is 10.5 Å². The number of benzene rings is 1. The second-order valence-electron chi connectivity index (χ2n) is 6.23. The summed E-state index contributed by atoms with van der Waals surface area (Å²) in [4.78, 5) is 12.8. The number of nitriles is 2. The molecule has 1 aromatic carbocycles. The average molecular weight is 276 g/mol. The Morgan fingerprint density at radius 3 is 2.48 bits per heavy atom. The predicted octanol–water partition coefficient (Wildman–Crippen LogP) is 3.57. The Labute approximate surface area is 124 Å². The van der Waals surface area contributed by atoms with E-state index in [0.717, 1.165) is 16.7 Å². The number of hydrogen-bond donors (Lipinski definition) is 0. The molecule has 1 fully saturated rings. The number of Topliss-reactive ketones (excluding diaryl/α,β-unsaturated/α-hetero) is 1. The van der Waals surface area contributed by atoms with Crippen LogP contribution in [0.25, 0.3) is 6.08 Å². The molecule has 0 spiro atoms. The predicted molar refractivity (Wildman–Crippen MR) is 79.2 cm³/mol. The van der Waals surface area contributed by atoms with Gasteiger partial charge >= 0.3 is 0 Å². The van der Waals surface area contributed by atoms with E-state index in [0.29, 0.717) is 12.8 Å². The first-order valence-corrected chi connectivity index (χ1v) is 7.16. The second-order valence-corrected chi connectivity index (χ2v) is 6.23. The number of ketones is 1. The van der Waals surface area contributed by atoms with Crippen molar-refractivity contribution >= 4 is 11.9 Å². The van der Waals surface area contributed by atoms with Crippen molar-refractivity contribution in [2.45, 2.75) is 26.7 Å². The van der Waals surface area contributed by atoms with Crippen molar-refractivity contribution in [1.29, 1.82) is 10.5 Å². The first-order chi connectivity index (χ1) is 9.99. The molecule has 0 bridgehead atoms. The topological polar surface area (TPSA) is 64.7 Å².